The molecule has 1 aliphatic rings. The summed E-state index contributed by atoms with van der Waals surface area (Å²) in [4.78, 5) is 16.4. The molecule has 1 amide bonds. The van der Waals surface area contributed by atoms with Crippen LogP contribution in [0.3, 0.4) is 0 Å². The number of nitrogens with zero attached hydrogens (tertiary/aromatic N) is 2. The quantitative estimate of drug-likeness (QED) is 0.624. The monoisotopic (exact) mass is 436 g/mol. The molecule has 0 unspecified atom stereocenters. The molecule has 6 nitrogen and oxygen atoms in total. The summed E-state index contributed by atoms with van der Waals surface area (Å²) in [7, 11) is -3.49. The van der Waals surface area contributed by atoms with Gasteiger partial charge in [-0.1, -0.05) is 12.1 Å². The van der Waals surface area contributed by atoms with Crippen molar-refractivity contribution in [3.05, 3.63) is 45.6 Å². The Morgan fingerprint density at radius 3 is 2.45 bits per heavy atom. The molecule has 3 rings (SSSR count). The fraction of sp³-hybridized carbons (Fsp3) is 0.476. The summed E-state index contributed by atoms with van der Waals surface area (Å²) in [6.07, 6.45) is 1.04. The summed E-state index contributed by atoms with van der Waals surface area (Å²) in [5.74, 6) is 0.868. The molecular formula is C21H28N2O4S2. The highest BCUT2D eigenvalue weighted by Gasteiger charge is 2.31. The predicted octanol–water partition coefficient (Wildman–Crippen LogP) is 3.37. The normalized spacial score (nSPS) is 15.5. The van der Waals surface area contributed by atoms with Crippen LogP contribution >= 0.6 is 11.3 Å². The Hall–Kier alpha value is -1.90. The molecule has 1 aliphatic heterocycles. The smallest absolute Gasteiger partial charge is 0.244 e. The van der Waals surface area contributed by atoms with E-state index >= 15 is 0 Å². The lowest BCUT2D eigenvalue weighted by Crippen LogP contribution is -2.50. The highest BCUT2D eigenvalue weighted by Crippen LogP contribution is 2.28. The fourth-order valence-electron chi connectivity index (χ4n) is 3.46. The summed E-state index contributed by atoms with van der Waals surface area (Å²) in [6.45, 7) is 7.78. The Labute approximate surface area is 177 Å². The maximum atomic E-state index is 12.9. The van der Waals surface area contributed by atoms with E-state index in [0.29, 0.717) is 50.5 Å². The minimum absolute atomic E-state index is 0.0532. The lowest BCUT2D eigenvalue weighted by Gasteiger charge is -2.34. The van der Waals surface area contributed by atoms with Crippen LogP contribution in [-0.2, 0) is 14.8 Å². The van der Waals surface area contributed by atoms with Crippen LogP contribution in [0, 0.1) is 20.8 Å². The van der Waals surface area contributed by atoms with Gasteiger partial charge in [0.05, 0.1) is 11.5 Å². The third kappa shape index (κ3) is 5.38. The summed E-state index contributed by atoms with van der Waals surface area (Å²) in [5, 5.41) is 0. The van der Waals surface area contributed by atoms with Crippen molar-refractivity contribution >= 4 is 27.3 Å². The number of rotatable bonds is 7. The van der Waals surface area contributed by atoms with Gasteiger partial charge in [0.1, 0.15) is 5.75 Å². The molecule has 158 valence electrons. The molecule has 0 N–H and O–H groups in total. The minimum Gasteiger partial charge on any atom is -0.494 e. The van der Waals surface area contributed by atoms with E-state index in [2.05, 4.69) is 0 Å². The fourth-order valence-corrected chi connectivity index (χ4v) is 6.40. The average Bonchev–Trinajstić information content (AvgIpc) is 3.04. The van der Waals surface area contributed by atoms with Crippen LogP contribution in [0.5, 0.6) is 5.75 Å². The SMILES string of the molecule is Cc1cccc(OCCCC(=O)N2CCN(S(=O)(=O)c3cc(C)sc3C)CC2)c1. The van der Waals surface area contributed by atoms with Crippen molar-refractivity contribution in [2.75, 3.05) is 32.8 Å². The molecule has 2 aromatic rings. The Kier molecular flexibility index (Phi) is 6.97. The number of sulfonamides is 1. The Morgan fingerprint density at radius 1 is 1.10 bits per heavy atom. The zero-order chi connectivity index (χ0) is 21.0. The summed E-state index contributed by atoms with van der Waals surface area (Å²) >= 11 is 1.49. The van der Waals surface area contributed by atoms with Crippen LogP contribution in [0.4, 0.5) is 0 Å². The number of carbonyl (C=O) groups excluding carboxylic acids is 1. The van der Waals surface area contributed by atoms with Gasteiger partial charge in [0.25, 0.3) is 0 Å². The van der Waals surface area contributed by atoms with E-state index in [0.717, 1.165) is 21.1 Å². The van der Waals surface area contributed by atoms with Crippen LogP contribution in [0.15, 0.2) is 35.2 Å². The first kappa shape index (κ1) is 21.8. The molecule has 1 saturated heterocycles. The average molecular weight is 437 g/mol. The van der Waals surface area contributed by atoms with E-state index in [-0.39, 0.29) is 5.91 Å². The molecule has 0 saturated carbocycles. The number of ether oxygens (including phenoxy) is 1. The number of carbonyl (C=O) groups is 1. The van der Waals surface area contributed by atoms with E-state index in [1.165, 1.54) is 15.6 Å². The molecule has 0 atom stereocenters. The van der Waals surface area contributed by atoms with Gasteiger partial charge in [-0.15, -0.1) is 11.3 Å². The van der Waals surface area contributed by atoms with Gasteiger partial charge in [-0.3, -0.25) is 4.79 Å². The number of benzene rings is 1. The molecule has 0 bridgehead atoms. The number of hydrogen-bond donors (Lipinski definition) is 0. The summed E-state index contributed by atoms with van der Waals surface area (Å²) in [6, 6.07) is 9.57. The molecule has 2 heterocycles. The second-order valence-corrected chi connectivity index (χ2v) is 10.7. The van der Waals surface area contributed by atoms with Crippen molar-refractivity contribution in [2.24, 2.45) is 0 Å². The van der Waals surface area contributed by atoms with E-state index < -0.39 is 10.0 Å². The molecule has 29 heavy (non-hydrogen) atoms. The topological polar surface area (TPSA) is 66.9 Å². The summed E-state index contributed by atoms with van der Waals surface area (Å²) < 4.78 is 32.9. The number of piperazine rings is 1. The highest BCUT2D eigenvalue weighted by atomic mass is 32.2. The third-order valence-electron chi connectivity index (χ3n) is 5.00. The molecule has 0 aliphatic carbocycles. The van der Waals surface area contributed by atoms with Crippen molar-refractivity contribution in [2.45, 2.75) is 38.5 Å². The van der Waals surface area contributed by atoms with Gasteiger partial charge in [-0.2, -0.15) is 4.31 Å². The lowest BCUT2D eigenvalue weighted by atomic mass is 10.2. The van der Waals surface area contributed by atoms with Crippen molar-refractivity contribution < 1.29 is 17.9 Å². The van der Waals surface area contributed by atoms with Crippen LogP contribution in [0.25, 0.3) is 0 Å². The Balaban J connectivity index is 1.45. The van der Waals surface area contributed by atoms with Gasteiger partial charge in [-0.25, -0.2) is 8.42 Å². The van der Waals surface area contributed by atoms with Crippen molar-refractivity contribution in [3.63, 3.8) is 0 Å². The molecule has 0 spiro atoms. The van der Waals surface area contributed by atoms with Crippen LogP contribution in [-0.4, -0.2) is 56.3 Å². The van der Waals surface area contributed by atoms with Gasteiger partial charge >= 0.3 is 0 Å². The lowest BCUT2D eigenvalue weighted by molar-refractivity contribution is -0.132. The first-order valence-corrected chi connectivity index (χ1v) is 12.1. The number of thiophene rings is 1. The third-order valence-corrected chi connectivity index (χ3v) is 8.12. The number of aryl methyl sites for hydroxylation is 3. The zero-order valence-corrected chi connectivity index (χ0v) is 18.8. The molecule has 1 aromatic carbocycles. The van der Waals surface area contributed by atoms with E-state index in [4.69, 9.17) is 4.74 Å². The van der Waals surface area contributed by atoms with Crippen LogP contribution in [0.2, 0.25) is 0 Å². The number of amides is 1. The number of hydrogen-bond acceptors (Lipinski definition) is 5. The highest BCUT2D eigenvalue weighted by molar-refractivity contribution is 7.89. The molecular weight excluding hydrogens is 408 g/mol. The molecule has 0 radical (unpaired) electrons. The standard InChI is InChI=1S/C21H28N2O4S2/c1-16-6-4-7-19(14-16)27-13-5-8-21(24)22-9-11-23(12-10-22)29(25,26)20-15-17(2)28-18(20)3/h4,6-7,14-15H,5,8-13H2,1-3H3. The van der Waals surface area contributed by atoms with E-state index in [9.17, 15) is 13.2 Å². The van der Waals surface area contributed by atoms with Crippen molar-refractivity contribution in [3.8, 4) is 5.75 Å². The van der Waals surface area contributed by atoms with Crippen molar-refractivity contribution in [1.29, 1.82) is 0 Å². The molecule has 1 aromatic heterocycles. The van der Waals surface area contributed by atoms with E-state index in [1.807, 2.05) is 45.0 Å². The molecule has 1 fully saturated rings. The second kappa shape index (κ2) is 9.28. The van der Waals surface area contributed by atoms with Gasteiger partial charge in [-0.05, 0) is 51.0 Å². The predicted molar refractivity (Wildman–Crippen MR) is 115 cm³/mol. The Bertz CT molecular complexity index is 961. The van der Waals surface area contributed by atoms with Crippen LogP contribution < -0.4 is 4.74 Å². The first-order valence-electron chi connectivity index (χ1n) is 9.82. The van der Waals surface area contributed by atoms with Gasteiger partial charge in [0.15, 0.2) is 0 Å². The minimum atomic E-state index is -3.49. The van der Waals surface area contributed by atoms with Gasteiger partial charge in [0.2, 0.25) is 15.9 Å². The van der Waals surface area contributed by atoms with Gasteiger partial charge in [0, 0.05) is 42.4 Å². The maximum absolute atomic E-state index is 12.9. The maximum Gasteiger partial charge on any atom is 0.244 e. The molecule has 8 heteroatoms. The van der Waals surface area contributed by atoms with Crippen molar-refractivity contribution in [1.82, 2.24) is 9.21 Å². The second-order valence-electron chi connectivity index (χ2n) is 7.33. The largest absolute Gasteiger partial charge is 0.494 e. The van der Waals surface area contributed by atoms with Gasteiger partial charge < -0.3 is 9.64 Å². The first-order chi connectivity index (χ1) is 13.8. The Morgan fingerprint density at radius 2 is 1.83 bits per heavy atom. The van der Waals surface area contributed by atoms with E-state index in [1.54, 1.807) is 11.0 Å². The summed E-state index contributed by atoms with van der Waals surface area (Å²) in [5.41, 5.74) is 1.14. The zero-order valence-electron chi connectivity index (χ0n) is 17.2. The van der Waals surface area contributed by atoms with Crippen LogP contribution in [0.1, 0.15) is 28.2 Å².